The lowest BCUT2D eigenvalue weighted by Crippen LogP contribution is -2.44. The van der Waals surface area contributed by atoms with Gasteiger partial charge < -0.3 is 15.5 Å². The summed E-state index contributed by atoms with van der Waals surface area (Å²) in [6.07, 6.45) is -1.46. The molecule has 43 heavy (non-hydrogen) atoms. The van der Waals surface area contributed by atoms with Crippen molar-refractivity contribution in [3.8, 4) is 27.6 Å². The van der Waals surface area contributed by atoms with Crippen molar-refractivity contribution in [2.24, 2.45) is 11.3 Å². The number of halogens is 4. The monoisotopic (exact) mass is 611 g/mol. The van der Waals surface area contributed by atoms with Gasteiger partial charge in [-0.25, -0.2) is 19.3 Å². The Balaban J connectivity index is 1.55. The van der Waals surface area contributed by atoms with Gasteiger partial charge in [0.25, 0.3) is 0 Å². The van der Waals surface area contributed by atoms with E-state index >= 15 is 0 Å². The average Bonchev–Trinajstić information content (AvgIpc) is 3.43. The van der Waals surface area contributed by atoms with Crippen LogP contribution in [0.3, 0.4) is 0 Å². The summed E-state index contributed by atoms with van der Waals surface area (Å²) in [7, 11) is 0. The largest absolute Gasteiger partial charge is 0.481 e. The molecular weight excluding hydrogens is 586 g/mol. The second-order valence-corrected chi connectivity index (χ2v) is 12.2. The van der Waals surface area contributed by atoms with E-state index in [2.05, 4.69) is 20.3 Å². The molecule has 3 N–H and O–H groups in total. The number of benzene rings is 2. The first-order valence-electron chi connectivity index (χ1n) is 13.1. The van der Waals surface area contributed by atoms with Gasteiger partial charge >= 0.3 is 12.1 Å². The van der Waals surface area contributed by atoms with Gasteiger partial charge in [0.05, 0.1) is 16.4 Å². The Hall–Kier alpha value is -4.41. The van der Waals surface area contributed by atoms with Gasteiger partial charge in [-0.3, -0.25) is 4.79 Å². The fourth-order valence-corrected chi connectivity index (χ4v) is 6.52. The van der Waals surface area contributed by atoms with Gasteiger partial charge in [-0.2, -0.15) is 18.4 Å². The second kappa shape index (κ2) is 11.0. The molecule has 4 aromatic rings. The molecule has 2 aromatic heterocycles. The number of rotatable bonds is 6. The van der Waals surface area contributed by atoms with E-state index in [4.69, 9.17) is 5.26 Å². The van der Waals surface area contributed by atoms with Crippen molar-refractivity contribution in [2.75, 3.05) is 5.32 Å². The first-order chi connectivity index (χ1) is 20.2. The zero-order chi connectivity index (χ0) is 31.2. The first kappa shape index (κ1) is 30.1. The molecule has 2 heterocycles. The summed E-state index contributed by atoms with van der Waals surface area (Å²) in [6, 6.07) is 11.5. The van der Waals surface area contributed by atoms with Crippen LogP contribution in [0.15, 0.2) is 54.9 Å². The summed E-state index contributed by atoms with van der Waals surface area (Å²) in [5.41, 5.74) is -1.56. The van der Waals surface area contributed by atoms with E-state index in [9.17, 15) is 32.6 Å². The number of aliphatic carboxylic acids is 1. The molecule has 0 amide bonds. The number of anilines is 2. The number of carbonyl (C=O) groups is 1. The lowest BCUT2D eigenvalue weighted by molar-refractivity contribution is -0.154. The highest BCUT2D eigenvalue weighted by Gasteiger charge is 2.49. The van der Waals surface area contributed by atoms with Gasteiger partial charge in [-0.1, -0.05) is 19.9 Å². The van der Waals surface area contributed by atoms with Crippen LogP contribution in [-0.2, 0) is 16.6 Å². The number of hydrogen-bond donors (Lipinski definition) is 3. The second-order valence-electron chi connectivity index (χ2n) is 11.1. The molecule has 8 nitrogen and oxygen atoms in total. The first-order valence-corrected chi connectivity index (χ1v) is 13.9. The highest BCUT2D eigenvalue weighted by atomic mass is 32.1. The predicted octanol–water partition coefficient (Wildman–Crippen LogP) is 7.14. The molecule has 0 aliphatic heterocycles. The summed E-state index contributed by atoms with van der Waals surface area (Å²) in [5, 5.41) is 33.5. The summed E-state index contributed by atoms with van der Waals surface area (Å²) < 4.78 is 54.2. The van der Waals surface area contributed by atoms with Crippen LogP contribution in [0, 0.1) is 28.5 Å². The highest BCUT2D eigenvalue weighted by molar-refractivity contribution is 7.15. The number of alkyl halides is 3. The number of nitrogens with zero attached hydrogens (tertiary/aromatic N) is 4. The number of carboxylic acids is 1. The minimum atomic E-state index is -4.68. The molecule has 0 saturated heterocycles. The Labute approximate surface area is 247 Å². The highest BCUT2D eigenvalue weighted by Crippen LogP contribution is 2.51. The molecule has 0 spiro atoms. The molecule has 0 bridgehead atoms. The third-order valence-corrected chi connectivity index (χ3v) is 8.82. The Morgan fingerprint density at radius 3 is 2.51 bits per heavy atom. The predicted molar refractivity (Wildman–Crippen MR) is 151 cm³/mol. The minimum absolute atomic E-state index is 0.142. The molecule has 2 atom stereocenters. The number of thiazole rings is 1. The van der Waals surface area contributed by atoms with Crippen LogP contribution in [0.25, 0.3) is 21.6 Å². The minimum Gasteiger partial charge on any atom is -0.481 e. The maximum Gasteiger partial charge on any atom is 0.433 e. The number of aromatic nitrogens is 3. The quantitative estimate of drug-likeness (QED) is 0.196. The number of nitriles is 1. The van der Waals surface area contributed by atoms with E-state index in [1.54, 1.807) is 50.4 Å². The molecule has 2 unspecified atom stereocenters. The van der Waals surface area contributed by atoms with E-state index in [1.165, 1.54) is 23.5 Å². The number of carboxylic acid groups (broad SMARTS) is 1. The molecule has 2 aromatic carbocycles. The molecule has 1 aliphatic rings. The van der Waals surface area contributed by atoms with E-state index in [0.717, 1.165) is 12.3 Å². The molecule has 13 heteroatoms. The standard InChI is InChI=1S/C30H25F4N5O3S/c1-28(2)15-29(42,7-5-21(28)25(40)41)26-37-14-23(43-26)19-9-18(16-3-4-17(13-35)22(31)12-16)10-20(11-19)38-27-36-8-6-24(39-27)30(32,33)34/h3-4,6,8-12,14,21,42H,5,7,15H2,1-2H3,(H,40,41)(H,36,38,39). The molecule has 0 radical (unpaired) electrons. The third kappa shape index (κ3) is 6.21. The SMILES string of the molecule is CC1(C)CC(O)(c2ncc(-c3cc(Nc4nccc(C(F)(F)F)n4)cc(-c4ccc(C#N)c(F)c4)c3)s2)CCC1C(=O)O. The van der Waals surface area contributed by atoms with Crippen molar-refractivity contribution in [3.05, 3.63) is 76.9 Å². The van der Waals surface area contributed by atoms with Crippen LogP contribution in [0.1, 0.15) is 49.4 Å². The van der Waals surface area contributed by atoms with Gasteiger partial charge in [0.2, 0.25) is 5.95 Å². The summed E-state index contributed by atoms with van der Waals surface area (Å²) >= 11 is 1.20. The van der Waals surface area contributed by atoms with Crippen molar-refractivity contribution < 1.29 is 32.6 Å². The zero-order valence-electron chi connectivity index (χ0n) is 22.9. The molecule has 5 rings (SSSR count). The molecular formula is C30H25F4N5O3S. The summed E-state index contributed by atoms with van der Waals surface area (Å²) in [6.45, 7) is 3.61. The van der Waals surface area contributed by atoms with Crippen molar-refractivity contribution in [1.82, 2.24) is 15.0 Å². The van der Waals surface area contributed by atoms with Crippen LogP contribution >= 0.6 is 11.3 Å². The number of aliphatic hydroxyl groups is 1. The lowest BCUT2D eigenvalue weighted by atomic mass is 9.63. The van der Waals surface area contributed by atoms with Crippen molar-refractivity contribution in [1.29, 1.82) is 5.26 Å². The maximum atomic E-state index is 14.5. The number of hydrogen-bond acceptors (Lipinski definition) is 8. The van der Waals surface area contributed by atoms with Crippen LogP contribution in [0.2, 0.25) is 0 Å². The third-order valence-electron chi connectivity index (χ3n) is 7.58. The molecule has 1 aliphatic carbocycles. The lowest BCUT2D eigenvalue weighted by Gasteiger charge is -2.44. The van der Waals surface area contributed by atoms with Crippen LogP contribution < -0.4 is 5.32 Å². The summed E-state index contributed by atoms with van der Waals surface area (Å²) in [5.74, 6) is -2.56. The summed E-state index contributed by atoms with van der Waals surface area (Å²) in [4.78, 5) is 24.3. The van der Waals surface area contributed by atoms with Gasteiger partial charge in [0.1, 0.15) is 28.2 Å². The van der Waals surface area contributed by atoms with E-state index in [1.807, 2.05) is 0 Å². The molecule has 1 saturated carbocycles. The van der Waals surface area contributed by atoms with E-state index in [0.29, 0.717) is 32.3 Å². The molecule has 1 fully saturated rings. The van der Waals surface area contributed by atoms with Gasteiger partial charge in [0, 0.05) is 18.1 Å². The van der Waals surface area contributed by atoms with Crippen molar-refractivity contribution in [2.45, 2.75) is 44.9 Å². The fraction of sp³-hybridized carbons (Fsp3) is 0.300. The van der Waals surface area contributed by atoms with Crippen LogP contribution in [0.5, 0.6) is 0 Å². The van der Waals surface area contributed by atoms with Crippen LogP contribution in [-0.4, -0.2) is 31.1 Å². The Bertz CT molecular complexity index is 1750. The van der Waals surface area contributed by atoms with Gasteiger partial charge in [-0.05, 0) is 77.8 Å². The van der Waals surface area contributed by atoms with E-state index < -0.39 is 40.6 Å². The van der Waals surface area contributed by atoms with Crippen molar-refractivity contribution >= 4 is 28.9 Å². The maximum absolute atomic E-state index is 14.5. The van der Waals surface area contributed by atoms with Gasteiger partial charge in [0.15, 0.2) is 0 Å². The average molecular weight is 612 g/mol. The van der Waals surface area contributed by atoms with E-state index in [-0.39, 0.29) is 30.8 Å². The Kier molecular flexibility index (Phi) is 7.70. The van der Waals surface area contributed by atoms with Crippen LogP contribution in [0.4, 0.5) is 29.2 Å². The fourth-order valence-electron chi connectivity index (χ4n) is 5.50. The van der Waals surface area contributed by atoms with Crippen molar-refractivity contribution in [3.63, 3.8) is 0 Å². The number of nitrogens with one attached hydrogen (secondary N) is 1. The Morgan fingerprint density at radius 1 is 1.12 bits per heavy atom. The zero-order valence-corrected chi connectivity index (χ0v) is 23.7. The smallest absolute Gasteiger partial charge is 0.433 e. The van der Waals surface area contributed by atoms with Gasteiger partial charge in [-0.15, -0.1) is 11.3 Å². The normalized spacial score (nSPS) is 19.9. The Morgan fingerprint density at radius 2 is 1.86 bits per heavy atom. The molecule has 222 valence electrons. The topological polar surface area (TPSA) is 132 Å².